The number of aromatic nitrogens is 1. The number of fused-ring (bicyclic) bond motifs is 1. The summed E-state index contributed by atoms with van der Waals surface area (Å²) in [7, 11) is 0. The third-order valence-electron chi connectivity index (χ3n) is 2.94. The lowest BCUT2D eigenvalue weighted by Crippen LogP contribution is -1.89. The average Bonchev–Trinajstić information content (AvgIpc) is 2.35. The van der Waals surface area contributed by atoms with E-state index in [1.807, 2.05) is 12.3 Å². The first-order valence-corrected chi connectivity index (χ1v) is 6.03. The fraction of sp³-hybridized carbons (Fsp3) is 0.333. The molecule has 0 spiro atoms. The lowest BCUT2D eigenvalue weighted by Gasteiger charge is -2.05. The van der Waals surface area contributed by atoms with Crippen molar-refractivity contribution in [2.24, 2.45) is 0 Å². The number of hydrogen-bond donors (Lipinski definition) is 0. The van der Waals surface area contributed by atoms with Crippen LogP contribution in [0.5, 0.6) is 0 Å². The molecule has 2 aromatic rings. The molecule has 0 unspecified atom stereocenters. The monoisotopic (exact) mass is 212 g/mol. The number of aryl methyl sites for hydroxylation is 1. The van der Waals surface area contributed by atoms with Gasteiger partial charge in [0, 0.05) is 11.6 Å². The molecule has 0 bridgehead atoms. The van der Waals surface area contributed by atoms with E-state index in [-0.39, 0.29) is 0 Å². The van der Waals surface area contributed by atoms with Crippen molar-refractivity contribution < 1.29 is 0 Å². The first-order valence-electron chi connectivity index (χ1n) is 6.03. The first kappa shape index (κ1) is 11.1. The number of pyridine rings is 1. The van der Waals surface area contributed by atoms with Crippen molar-refractivity contribution in [3.05, 3.63) is 49.0 Å². The zero-order chi connectivity index (χ0) is 11.2. The highest BCUT2D eigenvalue weighted by atomic mass is 14.6. The fourth-order valence-electron chi connectivity index (χ4n) is 2.04. The summed E-state index contributed by atoms with van der Waals surface area (Å²) in [5.41, 5.74) is 2.53. The molecule has 1 aromatic carbocycles. The van der Waals surface area contributed by atoms with Crippen LogP contribution in [0.15, 0.2) is 36.5 Å². The van der Waals surface area contributed by atoms with Gasteiger partial charge in [0.15, 0.2) is 0 Å². The zero-order valence-corrected chi connectivity index (χ0v) is 9.65. The molecule has 83 valence electrons. The second-order valence-corrected chi connectivity index (χ2v) is 4.15. The van der Waals surface area contributed by atoms with E-state index >= 15 is 0 Å². The molecule has 0 aliphatic carbocycles. The first-order chi connectivity index (χ1) is 7.92. The lowest BCUT2D eigenvalue weighted by molar-refractivity contribution is 0.687. The van der Waals surface area contributed by atoms with Crippen LogP contribution in [0.1, 0.15) is 31.2 Å². The molecule has 0 saturated heterocycles. The maximum Gasteiger partial charge on any atom is 0.0704 e. The van der Waals surface area contributed by atoms with Gasteiger partial charge in [0.1, 0.15) is 0 Å². The molecule has 0 amide bonds. The van der Waals surface area contributed by atoms with Crippen LogP contribution in [-0.4, -0.2) is 4.98 Å². The Labute approximate surface area is 97.5 Å². The average molecular weight is 212 g/mol. The molecule has 0 aliphatic rings. The molecule has 1 nitrogen and oxygen atoms in total. The van der Waals surface area contributed by atoms with Crippen molar-refractivity contribution in [3.63, 3.8) is 0 Å². The highest BCUT2D eigenvalue weighted by molar-refractivity contribution is 5.81. The van der Waals surface area contributed by atoms with Gasteiger partial charge < -0.3 is 0 Å². The van der Waals surface area contributed by atoms with E-state index in [9.17, 15) is 0 Å². The quantitative estimate of drug-likeness (QED) is 0.678. The van der Waals surface area contributed by atoms with E-state index in [1.165, 1.54) is 30.2 Å². The normalized spacial score (nSPS) is 10.8. The van der Waals surface area contributed by atoms with Crippen molar-refractivity contribution in [1.29, 1.82) is 0 Å². The minimum Gasteiger partial charge on any atom is -0.256 e. The Balaban J connectivity index is 2.11. The summed E-state index contributed by atoms with van der Waals surface area (Å²) in [6, 6.07) is 10.5. The van der Waals surface area contributed by atoms with Gasteiger partial charge in [0.25, 0.3) is 0 Å². The van der Waals surface area contributed by atoms with Gasteiger partial charge in [-0.3, -0.25) is 4.98 Å². The van der Waals surface area contributed by atoms with Crippen LogP contribution in [-0.2, 0) is 6.42 Å². The Hall–Kier alpha value is -1.37. The maximum absolute atomic E-state index is 4.38. The smallest absolute Gasteiger partial charge is 0.0704 e. The van der Waals surface area contributed by atoms with Gasteiger partial charge in [-0.1, -0.05) is 44.4 Å². The summed E-state index contributed by atoms with van der Waals surface area (Å²) in [6.45, 7) is 3.87. The molecular formula is C15H18N. The molecule has 2 rings (SSSR count). The van der Waals surface area contributed by atoms with Crippen molar-refractivity contribution in [2.75, 3.05) is 0 Å². The number of benzene rings is 1. The Morgan fingerprint density at radius 3 is 2.75 bits per heavy atom. The Bertz CT molecular complexity index is 443. The highest BCUT2D eigenvalue weighted by Gasteiger charge is 2.00. The summed E-state index contributed by atoms with van der Waals surface area (Å²) < 4.78 is 0. The van der Waals surface area contributed by atoms with Gasteiger partial charge in [0.05, 0.1) is 5.52 Å². The van der Waals surface area contributed by atoms with E-state index in [0.717, 1.165) is 18.4 Å². The minimum absolute atomic E-state index is 1.05. The molecule has 0 saturated carbocycles. The van der Waals surface area contributed by atoms with Crippen LogP contribution in [0, 0.1) is 6.92 Å². The van der Waals surface area contributed by atoms with Crippen molar-refractivity contribution in [2.45, 2.75) is 32.1 Å². The Morgan fingerprint density at radius 2 is 1.88 bits per heavy atom. The van der Waals surface area contributed by atoms with Gasteiger partial charge in [0.2, 0.25) is 0 Å². The summed E-state index contributed by atoms with van der Waals surface area (Å²) in [5, 5.41) is 1.31. The zero-order valence-electron chi connectivity index (χ0n) is 9.65. The van der Waals surface area contributed by atoms with E-state index < -0.39 is 0 Å². The third-order valence-corrected chi connectivity index (χ3v) is 2.94. The topological polar surface area (TPSA) is 12.9 Å². The van der Waals surface area contributed by atoms with Crippen LogP contribution in [0.2, 0.25) is 0 Å². The van der Waals surface area contributed by atoms with Gasteiger partial charge in [-0.2, -0.15) is 0 Å². The van der Waals surface area contributed by atoms with Crippen LogP contribution in [0.4, 0.5) is 0 Å². The van der Waals surface area contributed by atoms with E-state index in [4.69, 9.17) is 0 Å². The standard InChI is InChI=1S/C15H18N/c1-2-3-4-5-8-13-11-12-16-15-10-7-6-9-14(13)15/h6-7,9-12H,1-5,8H2. The second kappa shape index (κ2) is 5.64. The molecule has 1 aromatic heterocycles. The second-order valence-electron chi connectivity index (χ2n) is 4.15. The fourth-order valence-corrected chi connectivity index (χ4v) is 2.04. The highest BCUT2D eigenvalue weighted by Crippen LogP contribution is 2.18. The molecule has 1 radical (unpaired) electrons. The predicted octanol–water partition coefficient (Wildman–Crippen LogP) is 4.17. The largest absolute Gasteiger partial charge is 0.256 e. The van der Waals surface area contributed by atoms with E-state index in [2.05, 4.69) is 36.2 Å². The number of nitrogens with zero attached hydrogens (tertiary/aromatic N) is 1. The molecule has 0 aliphatic heterocycles. The lowest BCUT2D eigenvalue weighted by atomic mass is 10.0. The van der Waals surface area contributed by atoms with Gasteiger partial charge in [-0.05, 0) is 30.5 Å². The molecule has 0 atom stereocenters. The molecule has 16 heavy (non-hydrogen) atoms. The molecule has 0 N–H and O–H groups in total. The summed E-state index contributed by atoms with van der Waals surface area (Å²) in [6.07, 6.45) is 7.89. The van der Waals surface area contributed by atoms with Crippen molar-refractivity contribution in [3.8, 4) is 0 Å². The number of rotatable bonds is 5. The summed E-state index contributed by atoms with van der Waals surface area (Å²) >= 11 is 0. The van der Waals surface area contributed by atoms with Gasteiger partial charge in [-0.15, -0.1) is 0 Å². The Kier molecular flexibility index (Phi) is 3.92. The number of para-hydroxylation sites is 1. The van der Waals surface area contributed by atoms with Gasteiger partial charge in [-0.25, -0.2) is 0 Å². The van der Waals surface area contributed by atoms with Crippen molar-refractivity contribution >= 4 is 10.9 Å². The van der Waals surface area contributed by atoms with Crippen molar-refractivity contribution in [1.82, 2.24) is 4.98 Å². The molecule has 0 fully saturated rings. The number of unbranched alkanes of at least 4 members (excludes halogenated alkanes) is 3. The van der Waals surface area contributed by atoms with E-state index in [0.29, 0.717) is 0 Å². The molecular weight excluding hydrogens is 194 g/mol. The SMILES string of the molecule is [CH2]CCCCCc1ccnc2ccccc12. The summed E-state index contributed by atoms with van der Waals surface area (Å²) in [5.74, 6) is 0. The summed E-state index contributed by atoms with van der Waals surface area (Å²) in [4.78, 5) is 4.38. The predicted molar refractivity (Wildman–Crippen MR) is 69.3 cm³/mol. The molecule has 1 heteroatoms. The maximum atomic E-state index is 4.38. The van der Waals surface area contributed by atoms with E-state index in [1.54, 1.807) is 0 Å². The van der Waals surface area contributed by atoms with Crippen LogP contribution < -0.4 is 0 Å². The Morgan fingerprint density at radius 1 is 1.00 bits per heavy atom. The van der Waals surface area contributed by atoms with Crippen LogP contribution >= 0.6 is 0 Å². The van der Waals surface area contributed by atoms with Crippen LogP contribution in [0.3, 0.4) is 0 Å². The van der Waals surface area contributed by atoms with Gasteiger partial charge >= 0.3 is 0 Å². The van der Waals surface area contributed by atoms with Crippen LogP contribution in [0.25, 0.3) is 10.9 Å². The molecule has 1 heterocycles. The minimum atomic E-state index is 1.05. The number of hydrogen-bond acceptors (Lipinski definition) is 1. The third kappa shape index (κ3) is 2.60.